The molecule has 0 aromatic rings. The second-order valence-corrected chi connectivity index (χ2v) is 7.25. The number of hydrogen-bond donors (Lipinski definition) is 0. The van der Waals surface area contributed by atoms with Crippen LogP contribution in [0.4, 0.5) is 0 Å². The molecule has 0 saturated heterocycles. The van der Waals surface area contributed by atoms with Crippen molar-refractivity contribution in [3.63, 3.8) is 0 Å². The van der Waals surface area contributed by atoms with E-state index in [4.69, 9.17) is 0 Å². The van der Waals surface area contributed by atoms with Crippen LogP contribution in [0, 0.1) is 72.4 Å². The van der Waals surface area contributed by atoms with E-state index in [0.717, 1.165) is 0 Å². The Hall–Kier alpha value is 0.544. The molecule has 1 heteroatoms. The molecule has 0 bridgehead atoms. The van der Waals surface area contributed by atoms with Crippen molar-refractivity contribution in [3.8, 4) is 0 Å². The minimum atomic E-state index is 0. The first-order valence-electron chi connectivity index (χ1n) is 7.50. The SMILES string of the molecule is CC1=[C-]C(C)(C)C(C)=C1C.CC1=[C-]C(C)(C)C(C)=C1C.[Eu+2]. The molecule has 0 nitrogen and oxygen atoms in total. The second-order valence-electron chi connectivity index (χ2n) is 7.25. The Balaban J connectivity index is 0.000000364. The molecule has 0 fully saturated rings. The predicted molar refractivity (Wildman–Crippen MR) is 89.2 cm³/mol. The van der Waals surface area contributed by atoms with Gasteiger partial charge in [0.1, 0.15) is 0 Å². The van der Waals surface area contributed by atoms with Gasteiger partial charge >= 0.3 is 49.4 Å². The summed E-state index contributed by atoms with van der Waals surface area (Å²) in [4.78, 5) is 0. The minimum absolute atomic E-state index is 0. The van der Waals surface area contributed by atoms with Crippen LogP contribution in [0.5, 0.6) is 0 Å². The van der Waals surface area contributed by atoms with Crippen LogP contribution in [0.15, 0.2) is 33.4 Å². The monoisotopic (exact) mass is 423 g/mol. The van der Waals surface area contributed by atoms with E-state index in [0.29, 0.717) is 0 Å². The summed E-state index contributed by atoms with van der Waals surface area (Å²) in [7, 11) is 0. The third-order valence-corrected chi connectivity index (χ3v) is 5.12. The summed E-state index contributed by atoms with van der Waals surface area (Å²) in [5.41, 5.74) is 8.79. The Morgan fingerprint density at radius 3 is 0.857 bits per heavy atom. The van der Waals surface area contributed by atoms with Gasteiger partial charge in [0.25, 0.3) is 0 Å². The Kier molecular flexibility index (Phi) is 7.60. The van der Waals surface area contributed by atoms with Crippen molar-refractivity contribution in [2.24, 2.45) is 10.8 Å². The zero-order chi connectivity index (χ0) is 15.9. The predicted octanol–water partition coefficient (Wildman–Crippen LogP) is 6.22. The van der Waals surface area contributed by atoms with Crippen LogP contribution in [0.3, 0.4) is 0 Å². The van der Waals surface area contributed by atoms with Gasteiger partial charge in [0.05, 0.1) is 0 Å². The van der Waals surface area contributed by atoms with Gasteiger partial charge in [-0.1, -0.05) is 66.2 Å². The van der Waals surface area contributed by atoms with Crippen molar-refractivity contribution in [3.05, 3.63) is 45.6 Å². The number of hydrogen-bond acceptors (Lipinski definition) is 0. The van der Waals surface area contributed by atoms with Crippen LogP contribution in [-0.2, 0) is 0 Å². The van der Waals surface area contributed by atoms with Crippen molar-refractivity contribution in [2.75, 3.05) is 0 Å². The summed E-state index contributed by atoms with van der Waals surface area (Å²) in [6.07, 6.45) is 6.87. The fourth-order valence-electron chi connectivity index (χ4n) is 2.81. The van der Waals surface area contributed by atoms with E-state index in [1.807, 2.05) is 0 Å². The van der Waals surface area contributed by atoms with Gasteiger partial charge in [-0.3, -0.25) is 12.2 Å². The van der Waals surface area contributed by atoms with Crippen LogP contribution >= 0.6 is 0 Å². The van der Waals surface area contributed by atoms with Gasteiger partial charge in [-0.2, -0.15) is 22.3 Å². The molecule has 117 valence electrons. The molecule has 0 aromatic heterocycles. The van der Waals surface area contributed by atoms with Crippen LogP contribution in [0.2, 0.25) is 0 Å². The summed E-state index contributed by atoms with van der Waals surface area (Å²) in [6, 6.07) is 0. The van der Waals surface area contributed by atoms with Crippen molar-refractivity contribution in [2.45, 2.75) is 69.2 Å². The Morgan fingerprint density at radius 2 is 0.810 bits per heavy atom. The molecular formula is C20H30Eu. The maximum atomic E-state index is 3.44. The largest absolute Gasteiger partial charge is 2.00 e. The van der Waals surface area contributed by atoms with Gasteiger partial charge in [-0.05, 0) is 0 Å². The van der Waals surface area contributed by atoms with Crippen molar-refractivity contribution >= 4 is 0 Å². The summed E-state index contributed by atoms with van der Waals surface area (Å²) in [6.45, 7) is 21.8. The van der Waals surface area contributed by atoms with Crippen LogP contribution in [-0.4, -0.2) is 0 Å². The standard InChI is InChI=1S/2C10H15.Eu/c2*1-7-6-10(4,5)9(3)8(7)2;/h2*1-5H3;/q2*-1;+2. The number of rotatable bonds is 0. The Bertz CT molecular complexity index is 484. The summed E-state index contributed by atoms with van der Waals surface area (Å²) < 4.78 is 0. The molecule has 0 aromatic carbocycles. The van der Waals surface area contributed by atoms with E-state index >= 15 is 0 Å². The molecule has 21 heavy (non-hydrogen) atoms. The molecule has 2 aliphatic carbocycles. The molecule has 0 saturated carbocycles. The smallest absolute Gasteiger partial charge is 0.263 e. The van der Waals surface area contributed by atoms with Gasteiger partial charge in [-0.25, -0.2) is 11.1 Å². The van der Waals surface area contributed by atoms with E-state index in [1.165, 1.54) is 33.4 Å². The maximum absolute atomic E-state index is 3.44. The van der Waals surface area contributed by atoms with E-state index in [2.05, 4.69) is 81.4 Å². The van der Waals surface area contributed by atoms with Gasteiger partial charge in [0.2, 0.25) is 0 Å². The molecule has 0 unspecified atom stereocenters. The van der Waals surface area contributed by atoms with E-state index in [-0.39, 0.29) is 60.2 Å². The zero-order valence-electron chi connectivity index (χ0n) is 15.4. The first-order chi connectivity index (χ1) is 8.90. The molecule has 0 atom stereocenters. The second kappa shape index (κ2) is 7.41. The molecule has 0 spiro atoms. The van der Waals surface area contributed by atoms with Gasteiger partial charge in [-0.15, -0.1) is 13.8 Å². The molecule has 0 N–H and O–H groups in total. The zero-order valence-corrected chi connectivity index (χ0v) is 17.8. The third kappa shape index (κ3) is 4.76. The van der Waals surface area contributed by atoms with E-state index in [9.17, 15) is 0 Å². The Labute approximate surface area is 173 Å². The third-order valence-electron chi connectivity index (χ3n) is 5.12. The number of allylic oxidation sites excluding steroid dienone is 8. The van der Waals surface area contributed by atoms with Gasteiger partial charge < -0.3 is 0 Å². The minimum Gasteiger partial charge on any atom is -0.263 e. The summed E-state index contributed by atoms with van der Waals surface area (Å²) in [5, 5.41) is 0. The van der Waals surface area contributed by atoms with Crippen LogP contribution < -0.4 is 0 Å². The van der Waals surface area contributed by atoms with Crippen LogP contribution in [0.1, 0.15) is 69.2 Å². The van der Waals surface area contributed by atoms with Crippen LogP contribution in [0.25, 0.3) is 0 Å². The molecule has 0 aliphatic heterocycles. The fourth-order valence-corrected chi connectivity index (χ4v) is 2.81. The molecular weight excluding hydrogens is 392 g/mol. The van der Waals surface area contributed by atoms with E-state index in [1.54, 1.807) is 0 Å². The van der Waals surface area contributed by atoms with Gasteiger partial charge in [0, 0.05) is 0 Å². The van der Waals surface area contributed by atoms with E-state index < -0.39 is 0 Å². The normalized spacial score (nSPS) is 22.4. The quantitative estimate of drug-likeness (QED) is 0.407. The van der Waals surface area contributed by atoms with Crippen molar-refractivity contribution < 1.29 is 49.4 Å². The fraction of sp³-hybridized carbons (Fsp3) is 0.600. The molecule has 1 radical (unpaired) electrons. The first kappa shape index (κ1) is 21.5. The molecule has 0 heterocycles. The van der Waals surface area contributed by atoms with Gasteiger partial charge in [0.15, 0.2) is 0 Å². The maximum Gasteiger partial charge on any atom is 2.00 e. The summed E-state index contributed by atoms with van der Waals surface area (Å²) in [5.74, 6) is 0. The molecule has 2 aliphatic rings. The molecule has 2 rings (SSSR count). The topological polar surface area (TPSA) is 0 Å². The average Bonchev–Trinajstić information content (AvgIpc) is 2.60. The van der Waals surface area contributed by atoms with Crippen molar-refractivity contribution in [1.82, 2.24) is 0 Å². The Morgan fingerprint density at radius 1 is 0.571 bits per heavy atom. The van der Waals surface area contributed by atoms with Crippen molar-refractivity contribution in [1.29, 1.82) is 0 Å². The average molecular weight is 422 g/mol. The molecule has 0 amide bonds. The summed E-state index contributed by atoms with van der Waals surface area (Å²) >= 11 is 0. The first-order valence-corrected chi connectivity index (χ1v) is 7.50.